The van der Waals surface area contributed by atoms with Crippen molar-refractivity contribution in [1.29, 1.82) is 0 Å². The third-order valence-electron chi connectivity index (χ3n) is 2.49. The van der Waals surface area contributed by atoms with E-state index in [4.69, 9.17) is 16.3 Å². The van der Waals surface area contributed by atoms with Gasteiger partial charge in [0, 0.05) is 5.02 Å². The molecule has 2 rings (SSSR count). The zero-order chi connectivity index (χ0) is 9.31. The van der Waals surface area contributed by atoms with Crippen LogP contribution in [0.25, 0.3) is 0 Å². The second kappa shape index (κ2) is 3.32. The number of hydrogen-bond acceptors (Lipinski definition) is 1. The summed E-state index contributed by atoms with van der Waals surface area (Å²) in [6.07, 6.45) is 2.18. The van der Waals surface area contributed by atoms with E-state index in [2.05, 4.69) is 19.1 Å². The van der Waals surface area contributed by atoms with Crippen molar-refractivity contribution >= 4 is 11.6 Å². The van der Waals surface area contributed by atoms with E-state index in [-0.39, 0.29) is 5.60 Å². The van der Waals surface area contributed by atoms with Crippen LogP contribution in [0.15, 0.2) is 24.3 Å². The summed E-state index contributed by atoms with van der Waals surface area (Å²) in [5.41, 5.74) is 1.50. The van der Waals surface area contributed by atoms with Crippen molar-refractivity contribution in [3.63, 3.8) is 0 Å². The minimum absolute atomic E-state index is 0.166. The number of halogens is 1. The van der Waals surface area contributed by atoms with Crippen LogP contribution >= 0.6 is 11.6 Å². The Morgan fingerprint density at radius 3 is 2.54 bits per heavy atom. The highest BCUT2D eigenvalue weighted by Gasteiger charge is 2.38. The van der Waals surface area contributed by atoms with Crippen LogP contribution in [-0.2, 0) is 11.2 Å². The smallest absolute Gasteiger partial charge is 0.0891 e. The maximum absolute atomic E-state index is 5.79. The van der Waals surface area contributed by atoms with Crippen LogP contribution in [0.2, 0.25) is 5.02 Å². The van der Waals surface area contributed by atoms with E-state index in [1.165, 1.54) is 5.56 Å². The lowest BCUT2D eigenvalue weighted by Crippen LogP contribution is -2.05. The van der Waals surface area contributed by atoms with Gasteiger partial charge in [0.2, 0.25) is 0 Å². The minimum Gasteiger partial charge on any atom is -0.370 e. The van der Waals surface area contributed by atoms with Gasteiger partial charge in [-0.25, -0.2) is 0 Å². The van der Waals surface area contributed by atoms with Crippen molar-refractivity contribution in [2.24, 2.45) is 0 Å². The average molecular weight is 197 g/mol. The van der Waals surface area contributed by atoms with Gasteiger partial charge in [0.05, 0.1) is 12.2 Å². The van der Waals surface area contributed by atoms with E-state index in [1.807, 2.05) is 12.1 Å². The van der Waals surface area contributed by atoms with Crippen molar-refractivity contribution in [2.75, 3.05) is 6.61 Å². The predicted molar refractivity (Wildman–Crippen MR) is 54.1 cm³/mol. The first-order valence-electron chi connectivity index (χ1n) is 4.56. The highest BCUT2D eigenvalue weighted by molar-refractivity contribution is 6.30. The summed E-state index contributed by atoms with van der Waals surface area (Å²) in [5.74, 6) is 0. The second-order valence-corrected chi connectivity index (χ2v) is 4.30. The van der Waals surface area contributed by atoms with Crippen LogP contribution in [0.1, 0.15) is 18.9 Å². The van der Waals surface area contributed by atoms with Gasteiger partial charge in [-0.15, -0.1) is 0 Å². The van der Waals surface area contributed by atoms with E-state index in [0.717, 1.165) is 24.5 Å². The lowest BCUT2D eigenvalue weighted by Gasteiger charge is -2.04. The predicted octanol–water partition coefficient (Wildman–Crippen LogP) is 3.06. The molecule has 0 radical (unpaired) electrons. The first kappa shape index (κ1) is 9.04. The third kappa shape index (κ3) is 2.45. The highest BCUT2D eigenvalue weighted by atomic mass is 35.5. The van der Waals surface area contributed by atoms with Crippen molar-refractivity contribution in [2.45, 2.75) is 25.4 Å². The highest BCUT2D eigenvalue weighted by Crippen LogP contribution is 2.31. The zero-order valence-electron chi connectivity index (χ0n) is 7.72. The summed E-state index contributed by atoms with van der Waals surface area (Å²) in [7, 11) is 0. The SMILES string of the molecule is C[C@]1(CCc2ccc(Cl)cc2)CO1. The quantitative estimate of drug-likeness (QED) is 0.677. The van der Waals surface area contributed by atoms with Crippen molar-refractivity contribution < 1.29 is 4.74 Å². The number of epoxide rings is 1. The molecule has 70 valence electrons. The van der Waals surface area contributed by atoms with Gasteiger partial charge in [-0.1, -0.05) is 23.7 Å². The third-order valence-corrected chi connectivity index (χ3v) is 2.74. The Hall–Kier alpha value is -0.530. The van der Waals surface area contributed by atoms with Gasteiger partial charge in [-0.05, 0) is 37.5 Å². The Kier molecular flexibility index (Phi) is 2.31. The molecule has 0 aliphatic carbocycles. The average Bonchev–Trinajstić information content (AvgIpc) is 2.84. The van der Waals surface area contributed by atoms with Crippen LogP contribution in [-0.4, -0.2) is 12.2 Å². The molecule has 0 amide bonds. The van der Waals surface area contributed by atoms with E-state index >= 15 is 0 Å². The fourth-order valence-electron chi connectivity index (χ4n) is 1.33. The molecule has 1 aromatic rings. The van der Waals surface area contributed by atoms with E-state index in [9.17, 15) is 0 Å². The Morgan fingerprint density at radius 2 is 2.00 bits per heavy atom. The molecule has 0 saturated carbocycles. The van der Waals surface area contributed by atoms with Crippen LogP contribution in [0, 0.1) is 0 Å². The second-order valence-electron chi connectivity index (χ2n) is 3.87. The lowest BCUT2D eigenvalue weighted by atomic mass is 10.0. The number of rotatable bonds is 3. The Bertz CT molecular complexity index is 287. The van der Waals surface area contributed by atoms with Gasteiger partial charge in [0.1, 0.15) is 0 Å². The van der Waals surface area contributed by atoms with Gasteiger partial charge >= 0.3 is 0 Å². The molecule has 0 spiro atoms. The van der Waals surface area contributed by atoms with Gasteiger partial charge in [-0.3, -0.25) is 0 Å². The Balaban J connectivity index is 1.91. The lowest BCUT2D eigenvalue weighted by molar-refractivity contribution is 0.309. The number of ether oxygens (including phenoxy) is 1. The summed E-state index contributed by atoms with van der Waals surface area (Å²) < 4.78 is 5.32. The van der Waals surface area contributed by atoms with E-state index < -0.39 is 0 Å². The molecule has 1 atom stereocenters. The molecule has 1 fully saturated rings. The summed E-state index contributed by atoms with van der Waals surface area (Å²) in [5, 5.41) is 0.803. The molecule has 0 N–H and O–H groups in total. The van der Waals surface area contributed by atoms with Crippen LogP contribution < -0.4 is 0 Å². The zero-order valence-corrected chi connectivity index (χ0v) is 8.47. The summed E-state index contributed by atoms with van der Waals surface area (Å²) in [6, 6.07) is 8.03. The van der Waals surface area contributed by atoms with Crippen molar-refractivity contribution in [3.8, 4) is 0 Å². The molecule has 1 aliphatic heterocycles. The first-order valence-corrected chi connectivity index (χ1v) is 4.94. The van der Waals surface area contributed by atoms with Crippen molar-refractivity contribution in [1.82, 2.24) is 0 Å². The fourth-order valence-corrected chi connectivity index (χ4v) is 1.45. The maximum Gasteiger partial charge on any atom is 0.0891 e. The minimum atomic E-state index is 0.166. The van der Waals surface area contributed by atoms with E-state index in [1.54, 1.807) is 0 Å². The monoisotopic (exact) mass is 196 g/mol. The van der Waals surface area contributed by atoms with Gasteiger partial charge in [-0.2, -0.15) is 0 Å². The number of benzene rings is 1. The standard InChI is InChI=1S/C11H13ClO/c1-11(8-13-11)7-6-9-2-4-10(12)5-3-9/h2-5H,6-8H2,1H3/t11-/m0/s1. The fraction of sp³-hybridized carbons (Fsp3) is 0.455. The summed E-state index contributed by atoms with van der Waals surface area (Å²) in [6.45, 7) is 3.07. The molecule has 1 nitrogen and oxygen atoms in total. The van der Waals surface area contributed by atoms with Gasteiger partial charge in [0.25, 0.3) is 0 Å². The molecule has 2 heteroatoms. The maximum atomic E-state index is 5.79. The summed E-state index contributed by atoms with van der Waals surface area (Å²) >= 11 is 5.79. The largest absolute Gasteiger partial charge is 0.370 e. The molecule has 0 unspecified atom stereocenters. The molecule has 1 heterocycles. The summed E-state index contributed by atoms with van der Waals surface area (Å²) in [4.78, 5) is 0. The molecular formula is C11H13ClO. The topological polar surface area (TPSA) is 12.5 Å². The van der Waals surface area contributed by atoms with Crippen LogP contribution in [0.3, 0.4) is 0 Å². The van der Waals surface area contributed by atoms with Crippen LogP contribution in [0.5, 0.6) is 0 Å². The Morgan fingerprint density at radius 1 is 1.38 bits per heavy atom. The van der Waals surface area contributed by atoms with Crippen molar-refractivity contribution in [3.05, 3.63) is 34.9 Å². The molecule has 1 saturated heterocycles. The molecular weight excluding hydrogens is 184 g/mol. The number of aryl methyl sites for hydroxylation is 1. The van der Waals surface area contributed by atoms with Crippen LogP contribution in [0.4, 0.5) is 0 Å². The molecule has 13 heavy (non-hydrogen) atoms. The van der Waals surface area contributed by atoms with Gasteiger partial charge in [0.15, 0.2) is 0 Å². The molecule has 1 aromatic carbocycles. The Labute approximate surface area is 83.7 Å². The molecule has 0 aromatic heterocycles. The van der Waals surface area contributed by atoms with E-state index in [0.29, 0.717) is 0 Å². The van der Waals surface area contributed by atoms with Gasteiger partial charge < -0.3 is 4.74 Å². The molecule has 1 aliphatic rings. The first-order chi connectivity index (χ1) is 6.18. The number of hydrogen-bond donors (Lipinski definition) is 0. The normalized spacial score (nSPS) is 26.0. The molecule has 0 bridgehead atoms.